The van der Waals surface area contributed by atoms with Gasteiger partial charge in [0.05, 0.1) is 18.5 Å². The second-order valence-electron chi connectivity index (χ2n) is 11.0. The normalized spacial score (nSPS) is 16.2. The van der Waals surface area contributed by atoms with E-state index in [1.807, 2.05) is 0 Å². The number of allylic oxidation sites excluding steroid dienone is 3. The molecular weight excluding hydrogens is 478 g/mol. The number of nitrogens with zero attached hydrogens (tertiary/aromatic N) is 3. The van der Waals surface area contributed by atoms with Crippen molar-refractivity contribution in [2.24, 2.45) is 0 Å². The molecule has 37 heavy (non-hydrogen) atoms. The molecular formula is C32H46ClN3O. The molecule has 0 radical (unpaired) electrons. The Kier molecular flexibility index (Phi) is 10.5. The zero-order chi connectivity index (χ0) is 27.1. The molecule has 0 atom stereocenters. The molecule has 0 amide bonds. The standard InChI is InChI=1S/C32H46ClN3O/c1-23(2)20-36(28-14-15-28)31(25(5)6)32(37-8)30(24(3)4)35-18-16-27(17-19-35)29(33)22-34(7)21-26-12-10-9-11-13-26/h9-13,20,28H,5,14-19,21-22H2,1-4,6-8H3/b32-31-. The third kappa shape index (κ3) is 8.02. The molecule has 0 bridgehead atoms. The van der Waals surface area contributed by atoms with E-state index in [2.05, 4.69) is 99.5 Å². The highest BCUT2D eigenvalue weighted by molar-refractivity contribution is 6.30. The summed E-state index contributed by atoms with van der Waals surface area (Å²) in [5.41, 5.74) is 8.53. The monoisotopic (exact) mass is 523 g/mol. The number of likely N-dealkylation sites (N-methyl/N-ethyl adjacent to an activating group) is 1. The van der Waals surface area contributed by atoms with Crippen LogP contribution < -0.4 is 0 Å². The predicted octanol–water partition coefficient (Wildman–Crippen LogP) is 7.82. The van der Waals surface area contributed by atoms with Crippen molar-refractivity contribution < 1.29 is 4.74 Å². The lowest BCUT2D eigenvalue weighted by atomic mass is 10.00. The largest absolute Gasteiger partial charge is 0.492 e. The second-order valence-corrected chi connectivity index (χ2v) is 11.5. The summed E-state index contributed by atoms with van der Waals surface area (Å²) in [7, 11) is 3.93. The lowest BCUT2D eigenvalue weighted by molar-refractivity contribution is 0.232. The van der Waals surface area contributed by atoms with Crippen LogP contribution in [0, 0.1) is 0 Å². The van der Waals surface area contributed by atoms with Gasteiger partial charge in [-0.15, -0.1) is 0 Å². The smallest absolute Gasteiger partial charge is 0.165 e. The Morgan fingerprint density at radius 3 is 2.19 bits per heavy atom. The van der Waals surface area contributed by atoms with E-state index in [0.717, 1.165) is 61.1 Å². The van der Waals surface area contributed by atoms with Crippen LogP contribution >= 0.6 is 11.6 Å². The zero-order valence-corrected chi connectivity index (χ0v) is 24.8. The summed E-state index contributed by atoms with van der Waals surface area (Å²) < 4.78 is 6.18. The Morgan fingerprint density at radius 1 is 1.08 bits per heavy atom. The van der Waals surface area contributed by atoms with Gasteiger partial charge >= 0.3 is 0 Å². The molecule has 1 saturated carbocycles. The van der Waals surface area contributed by atoms with Gasteiger partial charge < -0.3 is 14.5 Å². The zero-order valence-electron chi connectivity index (χ0n) is 24.0. The number of piperidine rings is 1. The minimum atomic E-state index is 0.521. The van der Waals surface area contributed by atoms with Gasteiger partial charge in [0.25, 0.3) is 0 Å². The fourth-order valence-electron chi connectivity index (χ4n) is 5.08. The molecule has 4 nitrogen and oxygen atoms in total. The number of methoxy groups -OCH3 is 1. The van der Waals surface area contributed by atoms with Crippen LogP contribution in [0.3, 0.4) is 0 Å². The van der Waals surface area contributed by atoms with Crippen molar-refractivity contribution in [1.29, 1.82) is 0 Å². The summed E-state index contributed by atoms with van der Waals surface area (Å²) in [6.45, 7) is 18.7. The minimum absolute atomic E-state index is 0.521. The van der Waals surface area contributed by atoms with Crippen LogP contribution in [-0.2, 0) is 11.3 Å². The Balaban J connectivity index is 1.80. The molecule has 0 aromatic heterocycles. The lowest BCUT2D eigenvalue weighted by Gasteiger charge is -2.36. The van der Waals surface area contributed by atoms with Crippen molar-refractivity contribution in [1.82, 2.24) is 14.7 Å². The fraction of sp³-hybridized carbons (Fsp3) is 0.500. The van der Waals surface area contributed by atoms with Gasteiger partial charge in [0.1, 0.15) is 0 Å². The summed E-state index contributed by atoms with van der Waals surface area (Å²) in [5, 5.41) is 0.991. The van der Waals surface area contributed by atoms with E-state index in [0.29, 0.717) is 6.04 Å². The molecule has 0 N–H and O–H groups in total. The summed E-state index contributed by atoms with van der Waals surface area (Å²) in [6.07, 6.45) is 6.60. The van der Waals surface area contributed by atoms with Gasteiger partial charge in [-0.1, -0.05) is 59.7 Å². The number of hydrogen-bond donors (Lipinski definition) is 0. The number of benzene rings is 1. The predicted molar refractivity (Wildman–Crippen MR) is 158 cm³/mol. The Labute approximate surface area is 230 Å². The maximum Gasteiger partial charge on any atom is 0.165 e. The van der Waals surface area contributed by atoms with Crippen LogP contribution in [0.25, 0.3) is 0 Å². The van der Waals surface area contributed by atoms with E-state index in [1.54, 1.807) is 7.11 Å². The number of halogens is 1. The molecule has 202 valence electrons. The highest BCUT2D eigenvalue weighted by atomic mass is 35.5. The Bertz CT molecular complexity index is 1060. The first-order valence-corrected chi connectivity index (χ1v) is 13.9. The third-order valence-electron chi connectivity index (χ3n) is 6.88. The molecule has 1 heterocycles. The van der Waals surface area contributed by atoms with Crippen LogP contribution in [0.15, 0.2) is 87.6 Å². The van der Waals surface area contributed by atoms with Gasteiger partial charge in [-0.05, 0) is 84.1 Å². The molecule has 1 aliphatic carbocycles. The highest BCUT2D eigenvalue weighted by Gasteiger charge is 2.33. The van der Waals surface area contributed by atoms with Crippen molar-refractivity contribution >= 4 is 11.6 Å². The van der Waals surface area contributed by atoms with Crippen LogP contribution in [0.5, 0.6) is 0 Å². The van der Waals surface area contributed by atoms with E-state index < -0.39 is 0 Å². The summed E-state index contributed by atoms with van der Waals surface area (Å²) in [5.74, 6) is 0.929. The maximum atomic E-state index is 6.87. The summed E-state index contributed by atoms with van der Waals surface area (Å²) in [4.78, 5) is 7.17. The Hall–Kier alpha value is -2.43. The van der Waals surface area contributed by atoms with Crippen LogP contribution in [-0.4, -0.2) is 54.5 Å². The molecule has 1 aromatic rings. The minimum Gasteiger partial charge on any atom is -0.492 e. The molecule has 5 heteroatoms. The second kappa shape index (κ2) is 13.4. The number of ether oxygens (including phenoxy) is 1. The quantitative estimate of drug-likeness (QED) is 0.217. The van der Waals surface area contributed by atoms with E-state index in [1.165, 1.54) is 40.8 Å². The summed E-state index contributed by atoms with van der Waals surface area (Å²) >= 11 is 6.87. The third-order valence-corrected chi connectivity index (χ3v) is 7.27. The van der Waals surface area contributed by atoms with Crippen LogP contribution in [0.2, 0.25) is 0 Å². The fourth-order valence-corrected chi connectivity index (χ4v) is 5.47. The molecule has 0 spiro atoms. The average Bonchev–Trinajstić information content (AvgIpc) is 3.68. The van der Waals surface area contributed by atoms with Crippen molar-refractivity contribution in [3.05, 3.63) is 93.2 Å². The first kappa shape index (κ1) is 29.1. The molecule has 3 rings (SSSR count). The lowest BCUT2D eigenvalue weighted by Crippen LogP contribution is -2.34. The van der Waals surface area contributed by atoms with E-state index >= 15 is 0 Å². The van der Waals surface area contributed by atoms with Crippen molar-refractivity contribution in [2.45, 2.75) is 72.9 Å². The molecule has 1 aromatic carbocycles. The van der Waals surface area contributed by atoms with Crippen molar-refractivity contribution in [3.63, 3.8) is 0 Å². The SMILES string of the molecule is C=C(C)/C(=C(/OC)C(=C(C)C)N1CCC(=C(Cl)CN(C)Cc2ccccc2)CC1)N(C=C(C)C)C1CC1. The van der Waals surface area contributed by atoms with Crippen LogP contribution in [0.1, 0.15) is 65.9 Å². The van der Waals surface area contributed by atoms with Gasteiger partial charge in [0.2, 0.25) is 0 Å². The topological polar surface area (TPSA) is 19.0 Å². The van der Waals surface area contributed by atoms with E-state index in [9.17, 15) is 0 Å². The average molecular weight is 524 g/mol. The van der Waals surface area contributed by atoms with Gasteiger partial charge in [-0.3, -0.25) is 4.90 Å². The Morgan fingerprint density at radius 2 is 1.70 bits per heavy atom. The van der Waals surface area contributed by atoms with Crippen molar-refractivity contribution in [2.75, 3.05) is 33.8 Å². The first-order valence-electron chi connectivity index (χ1n) is 13.5. The number of hydrogen-bond acceptors (Lipinski definition) is 4. The first-order chi connectivity index (χ1) is 17.6. The molecule has 1 aliphatic heterocycles. The van der Waals surface area contributed by atoms with Gasteiger partial charge in [-0.25, -0.2) is 0 Å². The molecule has 0 unspecified atom stereocenters. The maximum absolute atomic E-state index is 6.87. The number of likely N-dealkylation sites (tertiary alicyclic amines) is 1. The molecule has 2 aliphatic rings. The van der Waals surface area contributed by atoms with Gasteiger partial charge in [0, 0.05) is 43.5 Å². The highest BCUT2D eigenvalue weighted by Crippen LogP contribution is 2.38. The number of rotatable bonds is 11. The summed E-state index contributed by atoms with van der Waals surface area (Å²) in [6, 6.07) is 11.1. The molecule has 1 saturated heterocycles. The van der Waals surface area contributed by atoms with Gasteiger partial charge in [0.15, 0.2) is 5.76 Å². The van der Waals surface area contributed by atoms with E-state index in [-0.39, 0.29) is 0 Å². The van der Waals surface area contributed by atoms with Gasteiger partial charge in [-0.2, -0.15) is 0 Å². The van der Waals surface area contributed by atoms with Crippen molar-refractivity contribution in [3.8, 4) is 0 Å². The molecule has 2 fully saturated rings. The van der Waals surface area contributed by atoms with E-state index in [4.69, 9.17) is 16.3 Å². The van der Waals surface area contributed by atoms with Crippen LogP contribution in [0.4, 0.5) is 0 Å².